The number of nitrogens with one attached hydrogen (secondary N) is 2. The van der Waals surface area contributed by atoms with Crippen LogP contribution < -0.4 is 10.6 Å². The van der Waals surface area contributed by atoms with Crippen LogP contribution in [0.25, 0.3) is 0 Å². The van der Waals surface area contributed by atoms with Gasteiger partial charge in [0.15, 0.2) is 0 Å². The quantitative estimate of drug-likeness (QED) is 0.137. The minimum atomic E-state index is -0.867. The summed E-state index contributed by atoms with van der Waals surface area (Å²) < 4.78 is 0. The fourth-order valence-corrected chi connectivity index (χ4v) is 3.51. The molecule has 0 radical (unpaired) electrons. The average molecular weight is 427 g/mol. The van der Waals surface area contributed by atoms with E-state index in [9.17, 15) is 15.0 Å². The number of unbranched alkanes of at least 4 members (excludes halogenated alkanes) is 14. The molecule has 0 heterocycles. The Labute approximate surface area is 186 Å². The van der Waals surface area contributed by atoms with E-state index in [1.165, 1.54) is 70.6 Å². The molecule has 0 saturated carbocycles. The van der Waals surface area contributed by atoms with Gasteiger partial charge in [-0.25, -0.2) is 4.79 Å². The van der Waals surface area contributed by atoms with E-state index in [0.717, 1.165) is 32.1 Å². The van der Waals surface area contributed by atoms with Crippen molar-refractivity contribution in [3.05, 3.63) is 12.2 Å². The summed E-state index contributed by atoms with van der Waals surface area (Å²) in [7, 11) is 0. The normalized spacial score (nSPS) is 13.5. The lowest BCUT2D eigenvalue weighted by Crippen LogP contribution is -2.49. The number of aliphatic hydroxyl groups excluding tert-OH is 2. The van der Waals surface area contributed by atoms with E-state index in [4.69, 9.17) is 0 Å². The highest BCUT2D eigenvalue weighted by atomic mass is 16.3. The molecule has 0 aliphatic carbocycles. The summed E-state index contributed by atoms with van der Waals surface area (Å²) >= 11 is 0. The van der Waals surface area contributed by atoms with Gasteiger partial charge in [-0.1, -0.05) is 109 Å². The van der Waals surface area contributed by atoms with Crippen molar-refractivity contribution in [1.29, 1.82) is 0 Å². The number of carbonyl (C=O) groups is 1. The smallest absolute Gasteiger partial charge is 0.315 e. The summed E-state index contributed by atoms with van der Waals surface area (Å²) in [5.74, 6) is 0. The predicted molar refractivity (Wildman–Crippen MR) is 128 cm³/mol. The van der Waals surface area contributed by atoms with Gasteiger partial charge in [0.2, 0.25) is 0 Å². The molecule has 0 aliphatic heterocycles. The summed E-state index contributed by atoms with van der Waals surface area (Å²) in [6.45, 7) is 4.74. The topological polar surface area (TPSA) is 81.6 Å². The van der Waals surface area contributed by atoms with Gasteiger partial charge in [0.1, 0.15) is 0 Å². The van der Waals surface area contributed by atoms with Crippen LogP contribution >= 0.6 is 0 Å². The lowest BCUT2D eigenvalue weighted by Gasteiger charge is -2.20. The van der Waals surface area contributed by atoms with Crippen LogP contribution in [0.1, 0.15) is 117 Å². The van der Waals surface area contributed by atoms with Crippen LogP contribution in [0, 0.1) is 0 Å². The summed E-state index contributed by atoms with van der Waals surface area (Å²) in [6.07, 6.45) is 22.6. The highest BCUT2D eigenvalue weighted by Crippen LogP contribution is 2.12. The number of rotatable bonds is 21. The van der Waals surface area contributed by atoms with Gasteiger partial charge in [-0.15, -0.1) is 0 Å². The Morgan fingerprint density at radius 1 is 0.800 bits per heavy atom. The van der Waals surface area contributed by atoms with Crippen LogP contribution in [-0.2, 0) is 0 Å². The van der Waals surface area contributed by atoms with E-state index in [-0.39, 0.29) is 12.6 Å². The second kappa shape index (κ2) is 22.6. The number of aliphatic hydroxyl groups is 2. The lowest BCUT2D eigenvalue weighted by atomic mass is 10.0. The van der Waals surface area contributed by atoms with Crippen molar-refractivity contribution < 1.29 is 15.0 Å². The van der Waals surface area contributed by atoms with Gasteiger partial charge >= 0.3 is 6.03 Å². The molecular formula is C25H50N2O3. The van der Waals surface area contributed by atoms with Gasteiger partial charge in [-0.2, -0.15) is 0 Å². The minimum Gasteiger partial charge on any atom is -0.394 e. The lowest BCUT2D eigenvalue weighted by molar-refractivity contribution is 0.125. The molecule has 2 amide bonds. The van der Waals surface area contributed by atoms with Crippen molar-refractivity contribution in [3.63, 3.8) is 0 Å². The monoisotopic (exact) mass is 426 g/mol. The first-order valence-corrected chi connectivity index (χ1v) is 12.7. The summed E-state index contributed by atoms with van der Waals surface area (Å²) in [4.78, 5) is 11.9. The first-order valence-electron chi connectivity index (χ1n) is 12.7. The summed E-state index contributed by atoms with van der Waals surface area (Å²) in [5, 5.41) is 25.1. The largest absolute Gasteiger partial charge is 0.394 e. The molecule has 0 aromatic heterocycles. The van der Waals surface area contributed by atoms with Crippen molar-refractivity contribution in [2.45, 2.75) is 129 Å². The molecule has 0 aromatic carbocycles. The maximum atomic E-state index is 11.9. The zero-order valence-corrected chi connectivity index (χ0v) is 19.8. The van der Waals surface area contributed by atoms with Gasteiger partial charge in [-0.05, 0) is 19.3 Å². The number of amides is 2. The second-order valence-electron chi connectivity index (χ2n) is 8.49. The Hall–Kier alpha value is -1.07. The maximum absolute atomic E-state index is 11.9. The van der Waals surface area contributed by atoms with Crippen LogP contribution in [0.4, 0.5) is 4.79 Å². The SMILES string of the molecule is CCCCCCCCCCCCC/C=C/[C@@H](O)[C@H](CO)NC(=O)NCCCCCC. The average Bonchev–Trinajstić information content (AvgIpc) is 2.75. The second-order valence-corrected chi connectivity index (χ2v) is 8.49. The molecule has 30 heavy (non-hydrogen) atoms. The van der Waals surface area contributed by atoms with Crippen molar-refractivity contribution in [2.75, 3.05) is 13.2 Å². The molecule has 0 unspecified atom stereocenters. The van der Waals surface area contributed by atoms with Crippen molar-refractivity contribution >= 4 is 6.03 Å². The molecule has 0 saturated heterocycles. The fraction of sp³-hybridized carbons (Fsp3) is 0.880. The van der Waals surface area contributed by atoms with Crippen LogP contribution in [0.3, 0.4) is 0 Å². The number of hydrogen-bond acceptors (Lipinski definition) is 3. The van der Waals surface area contributed by atoms with Crippen molar-refractivity contribution in [2.24, 2.45) is 0 Å². The molecule has 0 bridgehead atoms. The molecule has 178 valence electrons. The number of hydrogen-bond donors (Lipinski definition) is 4. The van der Waals surface area contributed by atoms with E-state index in [1.54, 1.807) is 6.08 Å². The van der Waals surface area contributed by atoms with Crippen LogP contribution in [0.2, 0.25) is 0 Å². The third-order valence-corrected chi connectivity index (χ3v) is 5.55. The standard InChI is InChI=1S/C25H50N2O3/c1-3-5-7-9-10-11-12-13-14-15-16-17-18-20-24(29)23(22-28)27-25(30)26-21-19-8-6-4-2/h18,20,23-24,28-29H,3-17,19,21-22H2,1-2H3,(H2,26,27,30)/b20-18+/t23-,24+/m0/s1. The Balaban J connectivity index is 3.69. The molecule has 5 heteroatoms. The maximum Gasteiger partial charge on any atom is 0.315 e. The Bertz CT molecular complexity index is 402. The fourth-order valence-electron chi connectivity index (χ4n) is 3.51. The Morgan fingerprint density at radius 2 is 1.30 bits per heavy atom. The number of carbonyl (C=O) groups excluding carboxylic acids is 1. The molecule has 2 atom stereocenters. The molecular weight excluding hydrogens is 376 g/mol. The first kappa shape index (κ1) is 28.9. The number of urea groups is 1. The third-order valence-electron chi connectivity index (χ3n) is 5.55. The molecule has 0 spiro atoms. The highest BCUT2D eigenvalue weighted by molar-refractivity contribution is 5.74. The van der Waals surface area contributed by atoms with Gasteiger partial charge in [0, 0.05) is 6.54 Å². The zero-order chi connectivity index (χ0) is 22.3. The van der Waals surface area contributed by atoms with E-state index in [0.29, 0.717) is 6.54 Å². The Kier molecular flexibility index (Phi) is 21.8. The zero-order valence-electron chi connectivity index (χ0n) is 19.8. The Morgan fingerprint density at radius 3 is 1.83 bits per heavy atom. The van der Waals surface area contributed by atoms with Crippen molar-refractivity contribution in [1.82, 2.24) is 10.6 Å². The van der Waals surface area contributed by atoms with E-state index < -0.39 is 12.1 Å². The van der Waals surface area contributed by atoms with Gasteiger partial charge < -0.3 is 20.8 Å². The third kappa shape index (κ3) is 18.9. The predicted octanol–water partition coefficient (Wildman–Crippen LogP) is 5.85. The van der Waals surface area contributed by atoms with Crippen LogP contribution in [0.5, 0.6) is 0 Å². The molecule has 0 rings (SSSR count). The van der Waals surface area contributed by atoms with Crippen molar-refractivity contribution in [3.8, 4) is 0 Å². The molecule has 0 aliphatic rings. The first-order chi connectivity index (χ1) is 14.7. The van der Waals surface area contributed by atoms with E-state index in [2.05, 4.69) is 24.5 Å². The molecule has 0 fully saturated rings. The minimum absolute atomic E-state index is 0.285. The van der Waals surface area contributed by atoms with Crippen LogP contribution in [0.15, 0.2) is 12.2 Å². The van der Waals surface area contributed by atoms with Gasteiger partial charge in [0.05, 0.1) is 18.8 Å². The van der Waals surface area contributed by atoms with Gasteiger partial charge in [0.25, 0.3) is 0 Å². The van der Waals surface area contributed by atoms with E-state index >= 15 is 0 Å². The number of allylic oxidation sites excluding steroid dienone is 1. The van der Waals surface area contributed by atoms with Gasteiger partial charge in [-0.3, -0.25) is 0 Å². The van der Waals surface area contributed by atoms with E-state index in [1.807, 2.05) is 6.08 Å². The highest BCUT2D eigenvalue weighted by Gasteiger charge is 2.17. The molecule has 4 N–H and O–H groups in total. The molecule has 0 aromatic rings. The van der Waals surface area contributed by atoms with Crippen LogP contribution in [-0.4, -0.2) is 41.5 Å². The summed E-state index contributed by atoms with van der Waals surface area (Å²) in [5.41, 5.74) is 0. The summed E-state index contributed by atoms with van der Waals surface area (Å²) in [6, 6.07) is -1.00. The molecule has 5 nitrogen and oxygen atoms in total.